The Bertz CT molecular complexity index is 849. The second kappa shape index (κ2) is 12.1. The van der Waals surface area contributed by atoms with Crippen molar-refractivity contribution in [2.45, 2.75) is 13.0 Å². The van der Waals surface area contributed by atoms with Crippen LogP contribution in [0.1, 0.15) is 17.5 Å². The molecule has 0 aliphatic carbocycles. The average molecular weight is 426 g/mol. The van der Waals surface area contributed by atoms with Crippen LogP contribution in [0.5, 0.6) is 5.75 Å². The molecule has 0 bridgehead atoms. The first kappa shape index (κ1) is 20.9. The topological polar surface area (TPSA) is 50.4 Å². The zero-order valence-electron chi connectivity index (χ0n) is 14.7. The molecule has 3 rings (SSSR count). The van der Waals surface area contributed by atoms with Gasteiger partial charge in [-0.15, -0.1) is 0 Å². The second-order valence-corrected chi connectivity index (χ2v) is 5.68. The van der Waals surface area contributed by atoms with E-state index >= 15 is 0 Å². The summed E-state index contributed by atoms with van der Waals surface area (Å²) in [7, 11) is 4.26. The molecule has 0 radical (unpaired) electrons. The van der Waals surface area contributed by atoms with E-state index in [9.17, 15) is 5.11 Å². The first-order valence-corrected chi connectivity index (χ1v) is 9.82. The second-order valence-electron chi connectivity index (χ2n) is 5.68. The molecule has 0 amide bonds. The van der Waals surface area contributed by atoms with Gasteiger partial charge in [0.15, 0.2) is 0 Å². The number of hydrogen-bond donors (Lipinski definition) is 1. The molecule has 0 atom stereocenters. The van der Waals surface area contributed by atoms with Crippen molar-refractivity contribution < 1.29 is 19.7 Å². The third-order valence-electron chi connectivity index (χ3n) is 3.83. The number of hydrogen-bond acceptors (Lipinski definition) is 3. The van der Waals surface area contributed by atoms with E-state index in [2.05, 4.69) is 29.8 Å². The molecule has 0 fully saturated rings. The van der Waals surface area contributed by atoms with Gasteiger partial charge in [0, 0.05) is 31.0 Å². The van der Waals surface area contributed by atoms with Crippen LogP contribution in [0.15, 0.2) is 84.4 Å². The molecule has 0 saturated carbocycles. The van der Waals surface area contributed by atoms with Gasteiger partial charge in [0.1, 0.15) is 5.75 Å². The van der Waals surface area contributed by atoms with Crippen LogP contribution >= 0.6 is 10.2 Å². The standard InChI is InChI=1S/C21H21N3O.ClH.Ni/c25-21-10-5-4-9-19(21)20(12-11-18-7-2-1-3-8-18)23-13-6-15-24-16-14-22-17-24;;/h1-5,7-12,14,16-17,25H,6,13,15H2;1H;/q;;+1/p-1/b12-11+,23-20?;;. The van der Waals surface area contributed by atoms with Gasteiger partial charge in [-0.1, -0.05) is 48.5 Å². The van der Waals surface area contributed by atoms with Gasteiger partial charge in [-0.25, -0.2) is 4.98 Å². The fourth-order valence-electron chi connectivity index (χ4n) is 2.53. The number of nitrogens with zero attached hydrogens (tertiary/aromatic N) is 3. The summed E-state index contributed by atoms with van der Waals surface area (Å²) in [5.41, 5.74) is 2.63. The zero-order valence-corrected chi connectivity index (χ0v) is 16.4. The molecule has 3 aromatic rings. The zero-order chi connectivity index (χ0) is 19.3. The maximum atomic E-state index is 10.2. The van der Waals surface area contributed by atoms with Crippen molar-refractivity contribution in [2.24, 2.45) is 4.99 Å². The molecule has 0 aliphatic heterocycles. The van der Waals surface area contributed by atoms with Crippen LogP contribution in [0.2, 0.25) is 0 Å². The Kier molecular flexibility index (Phi) is 9.39. The van der Waals surface area contributed by atoms with E-state index in [-0.39, 0.29) is 5.75 Å². The summed E-state index contributed by atoms with van der Waals surface area (Å²) in [5, 5.41) is 10.2. The average Bonchev–Trinajstić information content (AvgIpc) is 3.24. The summed E-state index contributed by atoms with van der Waals surface area (Å²) in [6.45, 7) is 1.56. The van der Waals surface area contributed by atoms with Crippen LogP contribution in [0, 0.1) is 0 Å². The van der Waals surface area contributed by atoms with E-state index in [0.717, 1.165) is 29.8 Å². The Morgan fingerprint density at radius 2 is 1.85 bits per heavy atom. The molecule has 6 heteroatoms. The number of aromatic hydroxyl groups is 1. The van der Waals surface area contributed by atoms with Crippen molar-refractivity contribution in [3.05, 3.63) is 90.5 Å². The summed E-state index contributed by atoms with van der Waals surface area (Å²) >= 11 is 3.35. The molecule has 0 unspecified atom stereocenters. The van der Waals surface area contributed by atoms with Crippen LogP contribution in [-0.4, -0.2) is 26.9 Å². The predicted octanol–water partition coefficient (Wildman–Crippen LogP) is 4.87. The van der Waals surface area contributed by atoms with Crippen molar-refractivity contribution in [2.75, 3.05) is 6.54 Å². The summed E-state index contributed by atoms with van der Waals surface area (Å²) in [6.07, 6.45) is 10.4. The maximum absolute atomic E-state index is 10.2. The normalized spacial score (nSPS) is 11.3. The van der Waals surface area contributed by atoms with E-state index in [1.54, 1.807) is 12.3 Å². The van der Waals surface area contributed by atoms with Crippen LogP contribution in [0.4, 0.5) is 0 Å². The number of benzene rings is 2. The Labute approximate surface area is 171 Å². The molecule has 1 N–H and O–H groups in total. The number of aliphatic imine (C=N–C) groups is 1. The number of phenols is 1. The molecule has 0 spiro atoms. The first-order valence-electron chi connectivity index (χ1n) is 8.46. The monoisotopic (exact) mass is 424 g/mol. The summed E-state index contributed by atoms with van der Waals surface area (Å²) < 4.78 is 2.04. The Morgan fingerprint density at radius 1 is 1.11 bits per heavy atom. The van der Waals surface area contributed by atoms with E-state index < -0.39 is 0 Å². The Hall–Kier alpha value is -2.36. The molecule has 27 heavy (non-hydrogen) atoms. The number of rotatable bonds is 7. The molecule has 4 nitrogen and oxygen atoms in total. The fraction of sp³-hybridized carbons (Fsp3) is 0.143. The van der Waals surface area contributed by atoms with E-state index in [4.69, 9.17) is 4.99 Å². The van der Waals surface area contributed by atoms with Gasteiger partial charge in [0.05, 0.1) is 12.0 Å². The predicted molar refractivity (Wildman–Crippen MR) is 108 cm³/mol. The molecule has 1 aromatic heterocycles. The number of imidazole rings is 1. The Morgan fingerprint density at radius 3 is 2.56 bits per heavy atom. The SMILES string of the molecule is Oc1ccccc1C(/C=C/c1ccccc1)=NCCCn1ccnc1.[Cl][Ni]. The number of aromatic nitrogens is 2. The first-order chi connectivity index (χ1) is 13.3. The Balaban J connectivity index is 0.00000126. The molecular formula is C21H21ClN3NiO. The van der Waals surface area contributed by atoms with Crippen LogP contribution < -0.4 is 0 Å². The third kappa shape index (κ3) is 7.05. The number of para-hydroxylation sites is 1. The molecular weight excluding hydrogens is 404 g/mol. The number of phenolic OH excluding ortho intramolecular Hbond substituents is 1. The van der Waals surface area contributed by atoms with Crippen LogP contribution in [-0.2, 0) is 21.1 Å². The number of allylic oxidation sites excluding steroid dienone is 1. The van der Waals surface area contributed by atoms with Crippen molar-refractivity contribution in [3.8, 4) is 5.75 Å². The van der Waals surface area contributed by atoms with Crippen LogP contribution in [0.25, 0.3) is 6.08 Å². The molecule has 1 heterocycles. The summed E-state index contributed by atoms with van der Waals surface area (Å²) in [5.74, 6) is 0.244. The van der Waals surface area contributed by atoms with Gasteiger partial charge < -0.3 is 9.67 Å². The van der Waals surface area contributed by atoms with E-state index in [1.165, 1.54) is 0 Å². The van der Waals surface area contributed by atoms with Gasteiger partial charge in [-0.2, -0.15) is 0 Å². The number of halogens is 1. The quantitative estimate of drug-likeness (QED) is 0.334. The van der Waals surface area contributed by atoms with Gasteiger partial charge in [-0.3, -0.25) is 4.99 Å². The van der Waals surface area contributed by atoms with Crippen molar-refractivity contribution in [1.82, 2.24) is 9.55 Å². The van der Waals surface area contributed by atoms with Gasteiger partial charge >= 0.3 is 24.8 Å². The van der Waals surface area contributed by atoms with Crippen molar-refractivity contribution in [3.63, 3.8) is 0 Å². The van der Waals surface area contributed by atoms with Gasteiger partial charge in [-0.05, 0) is 30.2 Å². The van der Waals surface area contributed by atoms with E-state index in [1.807, 2.05) is 77.8 Å². The third-order valence-corrected chi connectivity index (χ3v) is 3.83. The molecule has 0 saturated heterocycles. The van der Waals surface area contributed by atoms with Crippen molar-refractivity contribution in [1.29, 1.82) is 0 Å². The summed E-state index contributed by atoms with van der Waals surface area (Å²) in [4.78, 5) is 8.75. The van der Waals surface area contributed by atoms with Crippen LogP contribution in [0.3, 0.4) is 0 Å². The molecule has 0 aliphatic rings. The van der Waals surface area contributed by atoms with Crippen molar-refractivity contribution >= 4 is 22.0 Å². The minimum absolute atomic E-state index is 0.244. The van der Waals surface area contributed by atoms with Gasteiger partial charge in [0.2, 0.25) is 0 Å². The molecule has 2 aromatic carbocycles. The summed E-state index contributed by atoms with van der Waals surface area (Å²) in [6, 6.07) is 17.4. The minimum atomic E-state index is 0.244. The fourth-order valence-corrected chi connectivity index (χ4v) is 2.53. The van der Waals surface area contributed by atoms with E-state index in [0.29, 0.717) is 6.54 Å². The number of aryl methyl sites for hydroxylation is 1. The molecule has 143 valence electrons. The van der Waals surface area contributed by atoms with Gasteiger partial charge in [0.25, 0.3) is 0 Å².